The Morgan fingerprint density at radius 3 is 2.85 bits per heavy atom. The number of fused-ring (bicyclic) bond motifs is 1. The lowest BCUT2D eigenvalue weighted by molar-refractivity contribution is 0.0806. The van der Waals surface area contributed by atoms with Crippen molar-refractivity contribution in [3.05, 3.63) is 11.6 Å². The molecule has 2 rings (SSSR count). The second-order valence-corrected chi connectivity index (χ2v) is 2.44. The van der Waals surface area contributed by atoms with Gasteiger partial charge in [0.25, 0.3) is 0 Å². The van der Waals surface area contributed by atoms with Gasteiger partial charge in [0.2, 0.25) is 0 Å². The van der Waals surface area contributed by atoms with Gasteiger partial charge in [-0.15, -0.1) is 35.0 Å². The number of hydrogen-bond acceptors (Lipinski definition) is 4. The summed E-state index contributed by atoms with van der Waals surface area (Å²) >= 11 is 0. The summed E-state index contributed by atoms with van der Waals surface area (Å²) in [5.41, 5.74) is 5.45. The summed E-state index contributed by atoms with van der Waals surface area (Å²) in [4.78, 5) is 0. The molecule has 2 N–H and O–H groups in total. The zero-order valence-electron chi connectivity index (χ0n) is 6.97. The topological polar surface area (TPSA) is 66.0 Å². The lowest BCUT2D eigenvalue weighted by Gasteiger charge is -2.14. The Hall–Kier alpha value is -0.360. The predicted molar refractivity (Wildman–Crippen MR) is 52.1 cm³/mol. The van der Waals surface area contributed by atoms with Gasteiger partial charge in [-0.05, 0) is 0 Å². The third kappa shape index (κ3) is 2.31. The van der Waals surface area contributed by atoms with E-state index >= 15 is 0 Å². The molecule has 0 aromatic carbocycles. The second-order valence-electron chi connectivity index (χ2n) is 2.44. The summed E-state index contributed by atoms with van der Waals surface area (Å²) in [6.07, 6.45) is 0. The van der Waals surface area contributed by atoms with Crippen LogP contribution in [0.1, 0.15) is 11.6 Å². The summed E-state index contributed by atoms with van der Waals surface area (Å²) in [6.45, 7) is 2.58. The van der Waals surface area contributed by atoms with Gasteiger partial charge in [0.05, 0.1) is 13.2 Å². The fourth-order valence-corrected chi connectivity index (χ4v) is 1.21. The molecule has 0 fully saturated rings. The van der Waals surface area contributed by atoms with Crippen molar-refractivity contribution in [1.82, 2.24) is 14.8 Å². The molecule has 13 heavy (non-hydrogen) atoms. The van der Waals surface area contributed by atoms with Gasteiger partial charge < -0.3 is 15.0 Å². The highest BCUT2D eigenvalue weighted by Gasteiger charge is 2.14. The zero-order valence-corrected chi connectivity index (χ0v) is 8.61. The fourth-order valence-electron chi connectivity index (χ4n) is 1.21. The van der Waals surface area contributed by atoms with E-state index in [1.165, 1.54) is 0 Å². The minimum absolute atomic E-state index is 0. The van der Waals surface area contributed by atoms with Gasteiger partial charge in [-0.1, -0.05) is 0 Å². The Morgan fingerprint density at radius 1 is 1.38 bits per heavy atom. The van der Waals surface area contributed by atoms with Crippen molar-refractivity contribution in [2.75, 3.05) is 6.61 Å². The third-order valence-corrected chi connectivity index (χ3v) is 1.78. The van der Waals surface area contributed by atoms with Crippen LogP contribution in [0.15, 0.2) is 0 Å². The first-order valence-electron chi connectivity index (χ1n) is 3.60. The van der Waals surface area contributed by atoms with E-state index in [2.05, 4.69) is 10.2 Å². The van der Waals surface area contributed by atoms with Gasteiger partial charge in [-0.25, -0.2) is 0 Å². The first-order valence-corrected chi connectivity index (χ1v) is 3.60. The van der Waals surface area contributed by atoms with Crippen molar-refractivity contribution in [2.45, 2.75) is 19.7 Å². The number of hydrogen-bond donors (Lipinski definition) is 1. The lowest BCUT2D eigenvalue weighted by atomic mass is 10.4. The van der Waals surface area contributed by atoms with Crippen LogP contribution in [0.5, 0.6) is 0 Å². The van der Waals surface area contributed by atoms with Gasteiger partial charge in [-0.3, -0.25) is 0 Å². The Bertz CT molecular complexity index is 252. The van der Waals surface area contributed by atoms with Crippen LogP contribution in [0.3, 0.4) is 0 Å². The Kier molecular flexibility index (Phi) is 5.24. The van der Waals surface area contributed by atoms with Gasteiger partial charge in [0, 0.05) is 6.54 Å². The van der Waals surface area contributed by atoms with Crippen molar-refractivity contribution >= 4 is 24.8 Å². The van der Waals surface area contributed by atoms with Crippen molar-refractivity contribution in [3.63, 3.8) is 0 Å². The van der Waals surface area contributed by atoms with Crippen LogP contribution in [0.4, 0.5) is 0 Å². The molecule has 1 aliphatic heterocycles. The van der Waals surface area contributed by atoms with Gasteiger partial charge in [0.15, 0.2) is 5.82 Å². The Morgan fingerprint density at radius 2 is 2.15 bits per heavy atom. The Balaban J connectivity index is 0.000000720. The SMILES string of the molecule is Cl.Cl.NCc1nnc2n1CCOC2. The molecule has 5 nitrogen and oxygen atoms in total. The molecule has 76 valence electrons. The van der Waals surface area contributed by atoms with Crippen molar-refractivity contribution in [1.29, 1.82) is 0 Å². The van der Waals surface area contributed by atoms with E-state index in [1.807, 2.05) is 4.57 Å². The van der Waals surface area contributed by atoms with Crippen LogP contribution < -0.4 is 5.73 Å². The van der Waals surface area contributed by atoms with E-state index in [-0.39, 0.29) is 24.8 Å². The highest BCUT2D eigenvalue weighted by Crippen LogP contribution is 2.07. The second kappa shape index (κ2) is 5.39. The van der Waals surface area contributed by atoms with Crippen LogP contribution in [-0.2, 0) is 24.4 Å². The van der Waals surface area contributed by atoms with E-state index in [0.717, 1.165) is 24.8 Å². The number of aromatic nitrogens is 3. The summed E-state index contributed by atoms with van der Waals surface area (Å²) in [5, 5.41) is 7.86. The molecule has 2 heterocycles. The predicted octanol–water partition coefficient (Wildman–Crippen LogP) is 0.111. The van der Waals surface area contributed by atoms with E-state index < -0.39 is 0 Å². The van der Waals surface area contributed by atoms with E-state index in [9.17, 15) is 0 Å². The van der Waals surface area contributed by atoms with Gasteiger partial charge in [0.1, 0.15) is 12.4 Å². The van der Waals surface area contributed by atoms with E-state index in [0.29, 0.717) is 13.2 Å². The largest absolute Gasteiger partial charge is 0.372 e. The molecule has 1 aromatic heterocycles. The normalized spacial score (nSPS) is 13.9. The van der Waals surface area contributed by atoms with E-state index in [4.69, 9.17) is 10.5 Å². The number of ether oxygens (including phenoxy) is 1. The molecule has 0 saturated heterocycles. The van der Waals surface area contributed by atoms with E-state index in [1.54, 1.807) is 0 Å². The summed E-state index contributed by atoms with van der Waals surface area (Å²) in [5.74, 6) is 1.74. The van der Waals surface area contributed by atoms with Crippen molar-refractivity contribution in [2.24, 2.45) is 5.73 Å². The van der Waals surface area contributed by atoms with Crippen LogP contribution in [0, 0.1) is 0 Å². The molecular formula is C6H12Cl2N4O. The molecule has 0 radical (unpaired) electrons. The standard InChI is InChI=1S/C6H10N4O.2ClH/c7-3-5-8-9-6-4-11-2-1-10(5)6;;/h1-4,7H2;2*1H. The van der Waals surface area contributed by atoms with Crippen LogP contribution in [0.2, 0.25) is 0 Å². The molecule has 0 amide bonds. The summed E-state index contributed by atoms with van der Waals surface area (Å²) < 4.78 is 7.21. The number of rotatable bonds is 1. The van der Waals surface area contributed by atoms with Gasteiger partial charge >= 0.3 is 0 Å². The van der Waals surface area contributed by atoms with Crippen LogP contribution in [0.25, 0.3) is 0 Å². The maximum absolute atomic E-state index is 5.45. The summed E-state index contributed by atoms with van der Waals surface area (Å²) in [6, 6.07) is 0. The quantitative estimate of drug-likeness (QED) is 0.739. The molecule has 1 aliphatic rings. The molecule has 1 aromatic rings. The summed E-state index contributed by atoms with van der Waals surface area (Å²) in [7, 11) is 0. The highest BCUT2D eigenvalue weighted by atomic mass is 35.5. The van der Waals surface area contributed by atoms with Gasteiger partial charge in [-0.2, -0.15) is 0 Å². The minimum Gasteiger partial charge on any atom is -0.372 e. The average Bonchev–Trinajstić information content (AvgIpc) is 2.47. The minimum atomic E-state index is 0. The van der Waals surface area contributed by atoms with Crippen molar-refractivity contribution < 1.29 is 4.74 Å². The molecular weight excluding hydrogens is 215 g/mol. The number of nitrogens with two attached hydrogens (primary N) is 1. The monoisotopic (exact) mass is 226 g/mol. The maximum atomic E-state index is 5.45. The molecule has 0 bridgehead atoms. The average molecular weight is 227 g/mol. The molecule has 0 aliphatic carbocycles. The molecule has 7 heteroatoms. The number of nitrogens with zero attached hydrogens (tertiary/aromatic N) is 3. The first-order chi connectivity index (χ1) is 5.42. The smallest absolute Gasteiger partial charge is 0.159 e. The molecule has 0 unspecified atom stereocenters. The van der Waals surface area contributed by atoms with Crippen LogP contribution >= 0.6 is 24.8 Å². The highest BCUT2D eigenvalue weighted by molar-refractivity contribution is 5.85. The molecule has 0 saturated carbocycles. The molecule has 0 spiro atoms. The first kappa shape index (κ1) is 12.6. The zero-order chi connectivity index (χ0) is 7.68. The Labute approximate surface area is 88.5 Å². The maximum Gasteiger partial charge on any atom is 0.159 e. The lowest BCUT2D eigenvalue weighted by Crippen LogP contribution is -2.19. The van der Waals surface area contributed by atoms with Crippen LogP contribution in [-0.4, -0.2) is 21.4 Å². The third-order valence-electron chi connectivity index (χ3n) is 1.78. The molecule has 0 atom stereocenters. The number of halogens is 2. The fraction of sp³-hybridized carbons (Fsp3) is 0.667. The van der Waals surface area contributed by atoms with Crippen molar-refractivity contribution in [3.8, 4) is 0 Å².